The molecule has 0 radical (unpaired) electrons. The maximum Gasteiger partial charge on any atom is 0.410 e. The Morgan fingerprint density at radius 2 is 1.49 bits per heavy atom. The van der Waals surface area contributed by atoms with Crippen LogP contribution in [0, 0.1) is 17.8 Å². The molecule has 0 spiro atoms. The van der Waals surface area contributed by atoms with E-state index in [1.807, 2.05) is 20.8 Å². The fraction of sp³-hybridized carbons (Fsp3) is 0.667. The van der Waals surface area contributed by atoms with E-state index < -0.39 is 146 Å². The molecular weight excluding hydrogens is 1140 g/mol. The number of aliphatic carboxylic acids is 2. The summed E-state index contributed by atoms with van der Waals surface area (Å²) in [5, 5.41) is 67.8. The molecule has 0 bridgehead atoms. The Morgan fingerprint density at radius 3 is 2.10 bits per heavy atom. The number of methoxy groups -OCH3 is 2. The first-order valence-corrected chi connectivity index (χ1v) is 29.6. The smallest absolute Gasteiger partial charge is 0.410 e. The highest BCUT2D eigenvalue weighted by atomic mass is 16.7. The molecule has 15 atom stereocenters. The summed E-state index contributed by atoms with van der Waals surface area (Å²) in [6.45, 7) is 10.0. The number of likely N-dealkylation sites (N-methyl/N-ethyl adjacent to an activating group) is 2. The van der Waals surface area contributed by atoms with Crippen LogP contribution in [0.15, 0.2) is 42.5 Å². The first-order valence-electron chi connectivity index (χ1n) is 29.6. The Balaban J connectivity index is 1.17. The molecule has 3 fully saturated rings. The largest absolute Gasteiger partial charge is 0.480 e. The Hall–Kier alpha value is -6.72. The first kappa shape index (κ1) is 71.0. The molecule has 27 heteroatoms. The quantitative estimate of drug-likeness (QED) is 0.0520. The molecule has 3 unspecified atom stereocenters. The van der Waals surface area contributed by atoms with Crippen LogP contribution in [0.3, 0.4) is 0 Å². The van der Waals surface area contributed by atoms with E-state index in [4.69, 9.17) is 33.2 Å². The highest BCUT2D eigenvalue weighted by Gasteiger charge is 2.44. The number of rotatable bonds is 31. The highest BCUT2D eigenvalue weighted by Crippen LogP contribution is 2.32. The number of aliphatic hydroxyl groups excluding tert-OH is 4. The number of nitrogens with one attached hydrogen (secondary N) is 3. The standard InChI is InChI=1S/C60H90N6O21/c1-11-21-61-56(74)39-23-36(17-20-43(39)85-50-27-42(69)53(72)46(30-67)87-50)31-83-60(80)65(8)51(32(3)4)57(75)62-29-48(71)64(7)52(33(5)12-2)44(81-9)28-47(70)66-22-13-14-41(66)54(82-10)34(6)55(73)63-40(58(76)77)24-35-15-18-38(19-16-35)84-49-26-37(68)25-45(86-49)59(78)79/h15-20,23,32-34,37,40-42,44-46,49-54,67-69,72H,11-14,21-22,24-31H2,1-10H3,(H,61,74)(H,62,75)(H,63,73)(H,76,77)(H,78,79)/t33?,34-,37-,40-,41+,42-,44-,45-,46-,49+,50-,51?,52?,53-,54-/m1/s1. The summed E-state index contributed by atoms with van der Waals surface area (Å²) in [5.41, 5.74) is 0.978. The topological polar surface area (TPSA) is 368 Å². The summed E-state index contributed by atoms with van der Waals surface area (Å²) >= 11 is 0. The molecule has 3 aliphatic rings. The van der Waals surface area contributed by atoms with E-state index in [1.165, 1.54) is 38.3 Å². The summed E-state index contributed by atoms with van der Waals surface area (Å²) in [6.07, 6.45) is -8.77. The van der Waals surface area contributed by atoms with E-state index >= 15 is 0 Å². The lowest BCUT2D eigenvalue weighted by Gasteiger charge is -2.39. The van der Waals surface area contributed by atoms with Crippen LogP contribution in [0.25, 0.3) is 0 Å². The van der Waals surface area contributed by atoms with Crippen molar-refractivity contribution in [3.8, 4) is 11.5 Å². The second-order valence-corrected chi connectivity index (χ2v) is 22.9. The molecule has 0 aliphatic carbocycles. The average molecular weight is 1230 g/mol. The summed E-state index contributed by atoms with van der Waals surface area (Å²) in [5.74, 6) is -6.36. The normalized spacial score (nSPS) is 23.6. The third kappa shape index (κ3) is 19.4. The molecule has 0 aromatic heterocycles. The van der Waals surface area contributed by atoms with Gasteiger partial charge in [-0.1, -0.05) is 66.2 Å². The minimum Gasteiger partial charge on any atom is -0.480 e. The Kier molecular flexibility index (Phi) is 27.4. The number of hydrogen-bond donors (Lipinski definition) is 9. The van der Waals surface area contributed by atoms with Crippen molar-refractivity contribution in [3.05, 3.63) is 59.2 Å². The third-order valence-corrected chi connectivity index (χ3v) is 16.3. The predicted molar refractivity (Wildman–Crippen MR) is 310 cm³/mol. The molecule has 3 saturated heterocycles. The zero-order valence-electron chi connectivity index (χ0n) is 51.3. The van der Waals surface area contributed by atoms with Crippen LogP contribution < -0.4 is 25.4 Å². The van der Waals surface area contributed by atoms with E-state index in [1.54, 1.807) is 63.1 Å². The molecule has 5 rings (SSSR count). The number of hydrogen-bond acceptors (Lipinski definition) is 19. The Morgan fingerprint density at radius 1 is 0.816 bits per heavy atom. The van der Waals surface area contributed by atoms with Gasteiger partial charge in [0.15, 0.2) is 6.10 Å². The predicted octanol–water partition coefficient (Wildman–Crippen LogP) is 1.81. The molecule has 3 aliphatic heterocycles. The van der Waals surface area contributed by atoms with Crippen molar-refractivity contribution in [2.45, 2.75) is 185 Å². The van der Waals surface area contributed by atoms with E-state index in [9.17, 15) is 69.0 Å². The van der Waals surface area contributed by atoms with Gasteiger partial charge in [0.2, 0.25) is 36.2 Å². The van der Waals surface area contributed by atoms with Crippen LogP contribution in [0.1, 0.15) is 114 Å². The van der Waals surface area contributed by atoms with Crippen molar-refractivity contribution < 1.29 is 102 Å². The lowest BCUT2D eigenvalue weighted by molar-refractivity contribution is -0.230. The number of carbonyl (C=O) groups excluding carboxylic acids is 6. The number of carbonyl (C=O) groups is 8. The van der Waals surface area contributed by atoms with Crippen molar-refractivity contribution in [1.82, 2.24) is 30.7 Å². The monoisotopic (exact) mass is 1230 g/mol. The zero-order chi connectivity index (χ0) is 64.4. The second-order valence-electron chi connectivity index (χ2n) is 22.9. The van der Waals surface area contributed by atoms with Gasteiger partial charge >= 0.3 is 18.0 Å². The van der Waals surface area contributed by atoms with Crippen molar-refractivity contribution in [1.29, 1.82) is 0 Å². The molecule has 2 aromatic rings. The Labute approximate surface area is 507 Å². The van der Waals surface area contributed by atoms with Gasteiger partial charge in [-0.25, -0.2) is 14.4 Å². The number of nitrogens with zero attached hydrogens (tertiary/aromatic N) is 3. The fourth-order valence-electron chi connectivity index (χ4n) is 11.3. The molecule has 0 saturated carbocycles. The van der Waals surface area contributed by atoms with Gasteiger partial charge in [-0.2, -0.15) is 0 Å². The van der Waals surface area contributed by atoms with Crippen LogP contribution in [-0.4, -0.2) is 227 Å². The van der Waals surface area contributed by atoms with Crippen molar-refractivity contribution in [3.63, 3.8) is 0 Å². The summed E-state index contributed by atoms with van der Waals surface area (Å²) in [4.78, 5) is 111. The first-order chi connectivity index (χ1) is 41.3. The second kappa shape index (κ2) is 33.6. The number of carboxylic acids is 2. The lowest BCUT2D eigenvalue weighted by atomic mass is 9.90. The highest BCUT2D eigenvalue weighted by molar-refractivity contribution is 5.97. The van der Waals surface area contributed by atoms with Crippen molar-refractivity contribution >= 4 is 47.6 Å². The van der Waals surface area contributed by atoms with Gasteiger partial charge in [0.25, 0.3) is 5.91 Å². The van der Waals surface area contributed by atoms with Gasteiger partial charge in [-0.05, 0) is 66.5 Å². The number of likely N-dealkylation sites (tertiary alicyclic amines) is 1. The van der Waals surface area contributed by atoms with Crippen LogP contribution in [0.4, 0.5) is 4.79 Å². The van der Waals surface area contributed by atoms with Crippen molar-refractivity contribution in [2.75, 3.05) is 54.6 Å². The minimum atomic E-state index is -1.36. The van der Waals surface area contributed by atoms with E-state index in [2.05, 4.69) is 16.0 Å². The van der Waals surface area contributed by atoms with Gasteiger partial charge in [-0.15, -0.1) is 0 Å². The van der Waals surface area contributed by atoms with Gasteiger partial charge < -0.3 is 89.5 Å². The maximum atomic E-state index is 14.4. The summed E-state index contributed by atoms with van der Waals surface area (Å²) in [7, 11) is 5.79. The zero-order valence-corrected chi connectivity index (χ0v) is 51.3. The van der Waals surface area contributed by atoms with Crippen molar-refractivity contribution in [2.24, 2.45) is 17.8 Å². The number of ether oxygens (including phenoxy) is 7. The van der Waals surface area contributed by atoms with Crippen LogP contribution in [-0.2, 0) is 65.5 Å². The molecule has 6 amide bonds. The fourth-order valence-corrected chi connectivity index (χ4v) is 11.3. The van der Waals surface area contributed by atoms with Crippen LogP contribution in [0.5, 0.6) is 11.5 Å². The molecule has 27 nitrogen and oxygen atoms in total. The maximum absolute atomic E-state index is 14.4. The number of carboxylic acid groups (broad SMARTS) is 2. The molecular formula is C60H90N6O21. The van der Waals surface area contributed by atoms with E-state index in [-0.39, 0.29) is 61.8 Å². The third-order valence-electron chi connectivity index (χ3n) is 16.3. The minimum absolute atomic E-state index is 0.0524. The van der Waals surface area contributed by atoms with E-state index in [0.29, 0.717) is 55.6 Å². The number of amides is 6. The SMILES string of the molecule is CCCNC(=O)c1cc(COC(=O)N(C)C(C(=O)NCC(=O)N(C)C(C(C)CC)[C@@H](CC(=O)N2CCC[C@H]2[C@H](OC)[C@@H](C)C(=O)N[C@H](Cc2ccc(O[C@@H]3C[C@H](O)C[C@H](C(=O)O)O3)cc2)C(=O)O)OC)C(C)C)ccc1O[C@H]1C[C@@H](O)[C@@H](O)[C@@H](CO)O1. The number of benzene rings is 2. The van der Waals surface area contributed by atoms with Gasteiger partial charge in [0.1, 0.15) is 42.4 Å². The van der Waals surface area contributed by atoms with Gasteiger partial charge in [0.05, 0.1) is 67.6 Å². The molecule has 3 heterocycles. The number of aliphatic hydroxyl groups is 4. The summed E-state index contributed by atoms with van der Waals surface area (Å²) < 4.78 is 40.2. The molecule has 87 heavy (non-hydrogen) atoms. The summed E-state index contributed by atoms with van der Waals surface area (Å²) in [6, 6.07) is 7.02. The van der Waals surface area contributed by atoms with Gasteiger partial charge in [-0.3, -0.25) is 28.9 Å². The van der Waals surface area contributed by atoms with Gasteiger partial charge in [0, 0.05) is 67.1 Å². The average Bonchev–Trinajstić information content (AvgIpc) is 4.06. The van der Waals surface area contributed by atoms with Crippen LogP contribution >= 0.6 is 0 Å². The van der Waals surface area contributed by atoms with E-state index in [0.717, 1.165) is 4.90 Å². The lowest BCUT2D eigenvalue weighted by Crippen LogP contribution is -2.56. The van der Waals surface area contributed by atoms with Crippen LogP contribution in [0.2, 0.25) is 0 Å². The molecule has 486 valence electrons. The molecule has 9 N–H and O–H groups in total. The molecule has 2 aromatic carbocycles. The Bertz CT molecular complexity index is 2630.